The van der Waals surface area contributed by atoms with Crippen LogP contribution in [0.3, 0.4) is 0 Å². The lowest BCUT2D eigenvalue weighted by Gasteiger charge is -2.19. The molecule has 0 amide bonds. The van der Waals surface area contributed by atoms with Crippen molar-refractivity contribution in [3.63, 3.8) is 0 Å². The zero-order chi connectivity index (χ0) is 8.04. The molecule has 0 unspecified atom stereocenters. The maximum Gasteiger partial charge on any atom is 0.0511 e. The summed E-state index contributed by atoms with van der Waals surface area (Å²) in [6.45, 7) is 10.9. The minimum Gasteiger partial charge on any atom is -0.103 e. The van der Waals surface area contributed by atoms with E-state index in [2.05, 4.69) is 32.7 Å². The summed E-state index contributed by atoms with van der Waals surface area (Å²) < 4.78 is 0. The smallest absolute Gasteiger partial charge is 0.0511 e. The van der Waals surface area contributed by atoms with Crippen molar-refractivity contribution in [1.29, 1.82) is 0 Å². The zero-order valence-corrected chi connectivity index (χ0v) is 8.61. The number of hydrogen-bond acceptors (Lipinski definition) is 0. The summed E-state index contributed by atoms with van der Waals surface area (Å²) in [6, 6.07) is 2.75. The largest absolute Gasteiger partial charge is 0.103 e. The summed E-state index contributed by atoms with van der Waals surface area (Å²) in [4.78, 5) is 0. The molecule has 0 radical (unpaired) electrons. The van der Waals surface area contributed by atoms with Crippen molar-refractivity contribution in [3.8, 4) is 0 Å². The van der Waals surface area contributed by atoms with Gasteiger partial charge < -0.3 is 0 Å². The van der Waals surface area contributed by atoms with Gasteiger partial charge in [0.15, 0.2) is 0 Å². The molecule has 0 aromatic carbocycles. The van der Waals surface area contributed by atoms with E-state index in [0.29, 0.717) is 0 Å². The lowest BCUT2D eigenvalue weighted by molar-refractivity contribution is 0.866. The third-order valence-corrected chi connectivity index (χ3v) is 5.00. The number of hydrogen-bond donors (Lipinski definition) is 0. The predicted octanol–water partition coefficient (Wildman–Crippen LogP) is 3.68. The summed E-state index contributed by atoms with van der Waals surface area (Å²) >= 11 is 0. The van der Waals surface area contributed by atoms with Crippen LogP contribution in [-0.2, 0) is 0 Å². The van der Waals surface area contributed by atoms with E-state index in [1.807, 2.05) is 0 Å². The Hall–Kier alpha value is -0.0431. The Labute approximate surface area is 66.4 Å². The van der Waals surface area contributed by atoms with Crippen molar-refractivity contribution in [1.82, 2.24) is 0 Å². The monoisotopic (exact) mass is 156 g/mol. The van der Waals surface area contributed by atoms with Gasteiger partial charge in [-0.05, 0) is 6.04 Å². The fourth-order valence-electron chi connectivity index (χ4n) is 1.15. The van der Waals surface area contributed by atoms with Crippen molar-refractivity contribution in [2.45, 2.75) is 44.9 Å². The quantitative estimate of drug-likeness (QED) is 0.421. The Morgan fingerprint density at radius 3 is 2.40 bits per heavy atom. The highest BCUT2D eigenvalue weighted by Gasteiger charge is 2.16. The van der Waals surface area contributed by atoms with Gasteiger partial charge in [0.1, 0.15) is 0 Å². The van der Waals surface area contributed by atoms with Gasteiger partial charge in [0, 0.05) is 0 Å². The molecule has 0 N–H and O–H groups in total. The fourth-order valence-corrected chi connectivity index (χ4v) is 3.44. The van der Waals surface area contributed by atoms with Crippen LogP contribution in [0.25, 0.3) is 0 Å². The van der Waals surface area contributed by atoms with Gasteiger partial charge >= 0.3 is 0 Å². The highest BCUT2D eigenvalue weighted by molar-refractivity contribution is 6.77. The second kappa shape index (κ2) is 4.72. The molecule has 60 valence electrons. The summed E-state index contributed by atoms with van der Waals surface area (Å²) in [5.74, 6) is 0. The van der Waals surface area contributed by atoms with Crippen LogP contribution >= 0.6 is 0 Å². The number of unbranched alkanes of at least 4 members (excludes halogenated alkanes) is 1. The molecule has 0 aromatic rings. The van der Waals surface area contributed by atoms with Gasteiger partial charge in [0.25, 0.3) is 0 Å². The lowest BCUT2D eigenvalue weighted by atomic mass is 10.4. The van der Waals surface area contributed by atoms with Gasteiger partial charge in [0.05, 0.1) is 8.07 Å². The highest BCUT2D eigenvalue weighted by atomic mass is 28.3. The maximum absolute atomic E-state index is 3.79. The third-order valence-electron chi connectivity index (χ3n) is 1.90. The van der Waals surface area contributed by atoms with E-state index in [1.54, 1.807) is 0 Å². The second-order valence-corrected chi connectivity index (χ2v) is 9.00. The zero-order valence-electron chi connectivity index (χ0n) is 7.61. The predicted molar refractivity (Wildman–Crippen MR) is 52.2 cm³/mol. The lowest BCUT2D eigenvalue weighted by Crippen LogP contribution is -2.23. The molecular formula is C9H20Si. The first-order valence-electron chi connectivity index (χ1n) is 4.23. The third kappa shape index (κ3) is 4.80. The first kappa shape index (κ1) is 9.96. The van der Waals surface area contributed by atoms with Crippen LogP contribution in [0.15, 0.2) is 12.7 Å². The average molecular weight is 156 g/mol. The molecule has 0 fully saturated rings. The van der Waals surface area contributed by atoms with Crippen molar-refractivity contribution >= 4 is 8.07 Å². The van der Waals surface area contributed by atoms with Crippen molar-refractivity contribution < 1.29 is 0 Å². The number of rotatable bonds is 5. The molecule has 0 saturated carbocycles. The molecule has 0 saturated heterocycles. The Balaban J connectivity index is 3.51. The van der Waals surface area contributed by atoms with E-state index in [9.17, 15) is 0 Å². The molecule has 0 aliphatic heterocycles. The molecule has 0 nitrogen and oxygen atoms in total. The maximum atomic E-state index is 3.79. The summed E-state index contributed by atoms with van der Waals surface area (Å²) in [6.07, 6.45) is 4.84. The summed E-state index contributed by atoms with van der Waals surface area (Å²) in [5.41, 5.74) is 0. The molecule has 0 aromatic heterocycles. The highest BCUT2D eigenvalue weighted by Crippen LogP contribution is 2.18. The normalized spacial score (nSPS) is 11.5. The van der Waals surface area contributed by atoms with Crippen LogP contribution in [0, 0.1) is 0 Å². The van der Waals surface area contributed by atoms with Crippen molar-refractivity contribution in [2.24, 2.45) is 0 Å². The van der Waals surface area contributed by atoms with Gasteiger partial charge in [-0.1, -0.05) is 45.0 Å². The minimum absolute atomic E-state index is 0.842. The minimum atomic E-state index is -0.842. The molecule has 0 atom stereocenters. The first-order chi connectivity index (χ1) is 4.62. The van der Waals surface area contributed by atoms with Crippen LogP contribution in [0.4, 0.5) is 0 Å². The number of allylic oxidation sites excluding steroid dienone is 1. The van der Waals surface area contributed by atoms with Gasteiger partial charge in [-0.2, -0.15) is 0 Å². The van der Waals surface area contributed by atoms with Crippen LogP contribution in [0.5, 0.6) is 0 Å². The second-order valence-electron chi connectivity index (χ2n) is 3.76. The van der Waals surface area contributed by atoms with Gasteiger partial charge in [-0.3, -0.25) is 0 Å². The molecular weight excluding hydrogens is 136 g/mol. The van der Waals surface area contributed by atoms with E-state index in [-0.39, 0.29) is 0 Å². The van der Waals surface area contributed by atoms with E-state index < -0.39 is 8.07 Å². The Morgan fingerprint density at radius 1 is 1.40 bits per heavy atom. The Kier molecular flexibility index (Phi) is 4.70. The fraction of sp³-hybridized carbons (Fsp3) is 0.778. The molecule has 1 heteroatoms. The van der Waals surface area contributed by atoms with Crippen molar-refractivity contribution in [3.05, 3.63) is 12.7 Å². The van der Waals surface area contributed by atoms with E-state index in [1.165, 1.54) is 24.9 Å². The Morgan fingerprint density at radius 2 is 2.00 bits per heavy atom. The van der Waals surface area contributed by atoms with Crippen LogP contribution in [0.1, 0.15) is 19.8 Å². The first-order valence-corrected chi connectivity index (χ1v) is 7.64. The van der Waals surface area contributed by atoms with E-state index in [4.69, 9.17) is 0 Å². The molecule has 10 heavy (non-hydrogen) atoms. The van der Waals surface area contributed by atoms with E-state index >= 15 is 0 Å². The van der Waals surface area contributed by atoms with Crippen LogP contribution in [0.2, 0.25) is 25.2 Å². The molecule has 0 aliphatic carbocycles. The molecule has 0 aliphatic rings. The van der Waals surface area contributed by atoms with Gasteiger partial charge in [-0.25, -0.2) is 0 Å². The van der Waals surface area contributed by atoms with Crippen molar-refractivity contribution in [2.75, 3.05) is 0 Å². The van der Waals surface area contributed by atoms with Gasteiger partial charge in [-0.15, -0.1) is 6.58 Å². The summed E-state index contributed by atoms with van der Waals surface area (Å²) in [7, 11) is -0.842. The standard InChI is InChI=1S/C9H20Si/c1-5-7-9-10(3,4)8-6-2/h6H,2,5,7-9H2,1,3-4H3. The van der Waals surface area contributed by atoms with E-state index in [0.717, 1.165) is 0 Å². The molecule has 0 rings (SSSR count). The molecule has 0 heterocycles. The van der Waals surface area contributed by atoms with Crippen LogP contribution < -0.4 is 0 Å². The molecule has 0 spiro atoms. The van der Waals surface area contributed by atoms with Gasteiger partial charge in [0.2, 0.25) is 0 Å². The Bertz CT molecular complexity index is 94.9. The summed E-state index contributed by atoms with van der Waals surface area (Å²) in [5, 5.41) is 0. The van der Waals surface area contributed by atoms with Crippen LogP contribution in [-0.4, -0.2) is 8.07 Å². The topological polar surface area (TPSA) is 0 Å². The average Bonchev–Trinajstić information content (AvgIpc) is 1.84. The SMILES string of the molecule is C=CC[Si](C)(C)CCCC. The molecule has 0 bridgehead atoms.